The van der Waals surface area contributed by atoms with Gasteiger partial charge in [-0.15, -0.1) is 0 Å². The SMILES string of the molecule is COc1ccccc1NC(=O)c1cccc(NC2=C(Cl)C(=O)N(c3cc(Cl)cc(Cl)c3)C2=O)c1. The number of anilines is 3. The highest BCUT2D eigenvalue weighted by Gasteiger charge is 2.39. The average Bonchev–Trinajstić information content (AvgIpc) is 3.02. The summed E-state index contributed by atoms with van der Waals surface area (Å²) in [5.41, 5.74) is 1.25. The number of hydrogen-bond acceptors (Lipinski definition) is 5. The van der Waals surface area contributed by atoms with E-state index in [1.54, 1.807) is 42.5 Å². The number of benzene rings is 3. The van der Waals surface area contributed by atoms with Crippen LogP contribution in [0.4, 0.5) is 17.1 Å². The fraction of sp³-hybridized carbons (Fsp3) is 0.0417. The molecule has 0 fully saturated rings. The van der Waals surface area contributed by atoms with E-state index < -0.39 is 17.7 Å². The summed E-state index contributed by atoms with van der Waals surface area (Å²) >= 11 is 18.2. The third-order valence-corrected chi connectivity index (χ3v) is 5.67. The maximum Gasteiger partial charge on any atom is 0.283 e. The Morgan fingerprint density at radius 1 is 0.882 bits per heavy atom. The van der Waals surface area contributed by atoms with E-state index in [1.807, 2.05) is 0 Å². The summed E-state index contributed by atoms with van der Waals surface area (Å²) in [6.45, 7) is 0. The van der Waals surface area contributed by atoms with Crippen LogP contribution in [0.2, 0.25) is 10.0 Å². The van der Waals surface area contributed by atoms with Gasteiger partial charge in [-0.1, -0.05) is 53.0 Å². The van der Waals surface area contributed by atoms with Gasteiger partial charge in [-0.3, -0.25) is 14.4 Å². The Balaban J connectivity index is 1.56. The van der Waals surface area contributed by atoms with Crippen LogP contribution in [0, 0.1) is 0 Å². The van der Waals surface area contributed by atoms with E-state index in [0.717, 1.165) is 4.90 Å². The summed E-state index contributed by atoms with van der Waals surface area (Å²) in [4.78, 5) is 39.3. The molecule has 0 spiro atoms. The van der Waals surface area contributed by atoms with Crippen molar-refractivity contribution in [1.29, 1.82) is 0 Å². The summed E-state index contributed by atoms with van der Waals surface area (Å²) in [7, 11) is 1.51. The number of para-hydroxylation sites is 2. The van der Waals surface area contributed by atoms with Crippen molar-refractivity contribution in [2.75, 3.05) is 22.6 Å². The molecule has 0 atom stereocenters. The van der Waals surface area contributed by atoms with E-state index in [0.29, 0.717) is 22.7 Å². The Morgan fingerprint density at radius 2 is 1.59 bits per heavy atom. The molecule has 34 heavy (non-hydrogen) atoms. The number of nitrogens with zero attached hydrogens (tertiary/aromatic N) is 1. The third-order valence-electron chi connectivity index (χ3n) is 4.88. The van der Waals surface area contributed by atoms with Crippen molar-refractivity contribution >= 4 is 69.6 Å². The molecule has 0 bridgehead atoms. The normalized spacial score (nSPS) is 13.4. The van der Waals surface area contributed by atoms with Crippen LogP contribution in [0.1, 0.15) is 10.4 Å². The zero-order valence-corrected chi connectivity index (χ0v) is 19.8. The molecular weight excluding hydrogens is 501 g/mol. The minimum atomic E-state index is -0.724. The summed E-state index contributed by atoms with van der Waals surface area (Å²) < 4.78 is 5.25. The molecule has 0 aromatic heterocycles. The Kier molecular flexibility index (Phi) is 6.79. The fourth-order valence-corrected chi connectivity index (χ4v) is 4.07. The smallest absolute Gasteiger partial charge is 0.283 e. The highest BCUT2D eigenvalue weighted by Crippen LogP contribution is 2.33. The average molecular weight is 517 g/mol. The van der Waals surface area contributed by atoms with Crippen LogP contribution in [-0.2, 0) is 9.59 Å². The lowest BCUT2D eigenvalue weighted by atomic mass is 10.1. The number of halogens is 3. The summed E-state index contributed by atoms with van der Waals surface area (Å²) in [5, 5.41) is 5.84. The molecule has 0 radical (unpaired) electrons. The number of carbonyl (C=O) groups is 3. The minimum absolute atomic E-state index is 0.134. The number of rotatable bonds is 6. The van der Waals surface area contributed by atoms with Gasteiger partial charge in [0.05, 0.1) is 18.5 Å². The summed E-state index contributed by atoms with van der Waals surface area (Å²) in [5.74, 6) is -1.29. The first-order chi connectivity index (χ1) is 16.3. The molecule has 7 nitrogen and oxygen atoms in total. The van der Waals surface area contributed by atoms with E-state index in [-0.39, 0.29) is 26.5 Å². The lowest BCUT2D eigenvalue weighted by Crippen LogP contribution is -2.32. The van der Waals surface area contributed by atoms with Gasteiger partial charge in [0.25, 0.3) is 17.7 Å². The minimum Gasteiger partial charge on any atom is -0.495 e. The van der Waals surface area contributed by atoms with E-state index in [1.165, 1.54) is 31.4 Å². The number of methoxy groups -OCH3 is 1. The molecule has 0 unspecified atom stereocenters. The molecular formula is C24H16Cl3N3O4. The van der Waals surface area contributed by atoms with Crippen molar-refractivity contribution < 1.29 is 19.1 Å². The van der Waals surface area contributed by atoms with Crippen LogP contribution in [-0.4, -0.2) is 24.8 Å². The predicted octanol–water partition coefficient (Wildman–Crippen LogP) is 5.69. The molecule has 3 aromatic rings. The number of nitrogens with one attached hydrogen (secondary N) is 2. The predicted molar refractivity (Wildman–Crippen MR) is 133 cm³/mol. The first-order valence-corrected chi connectivity index (χ1v) is 11.0. The monoisotopic (exact) mass is 515 g/mol. The van der Waals surface area contributed by atoms with Crippen LogP contribution >= 0.6 is 34.8 Å². The number of amides is 3. The topological polar surface area (TPSA) is 87.7 Å². The quantitative estimate of drug-likeness (QED) is 0.411. The molecule has 1 heterocycles. The Labute approximate surface area is 209 Å². The Hall–Kier alpha value is -3.52. The van der Waals surface area contributed by atoms with Gasteiger partial charge in [-0.05, 0) is 48.5 Å². The van der Waals surface area contributed by atoms with Gasteiger partial charge in [-0.2, -0.15) is 0 Å². The van der Waals surface area contributed by atoms with Crippen LogP contribution in [0.25, 0.3) is 0 Å². The molecule has 172 valence electrons. The van der Waals surface area contributed by atoms with Crippen LogP contribution in [0.3, 0.4) is 0 Å². The Bertz CT molecular complexity index is 1340. The standard InChI is InChI=1S/C24H16Cl3N3O4/c1-34-19-8-3-2-7-18(19)29-22(31)13-5-4-6-16(9-13)28-21-20(27)23(32)30(24(21)33)17-11-14(25)10-15(26)12-17/h2-12,28H,1H3,(H,29,31). The first kappa shape index (κ1) is 23.6. The fourth-order valence-electron chi connectivity index (χ4n) is 3.34. The van der Waals surface area contributed by atoms with Crippen molar-refractivity contribution in [1.82, 2.24) is 0 Å². The van der Waals surface area contributed by atoms with Gasteiger partial charge in [0.1, 0.15) is 16.5 Å². The Morgan fingerprint density at radius 3 is 2.29 bits per heavy atom. The molecule has 1 aliphatic heterocycles. The van der Waals surface area contributed by atoms with Crippen LogP contribution in [0.5, 0.6) is 5.75 Å². The molecule has 0 aliphatic carbocycles. The van der Waals surface area contributed by atoms with Crippen molar-refractivity contribution in [2.24, 2.45) is 0 Å². The van der Waals surface area contributed by atoms with Crippen LogP contribution < -0.4 is 20.3 Å². The molecule has 1 aliphatic rings. The second-order valence-corrected chi connectivity index (χ2v) is 8.37. The largest absolute Gasteiger partial charge is 0.495 e. The zero-order valence-electron chi connectivity index (χ0n) is 17.6. The van der Waals surface area contributed by atoms with Gasteiger partial charge < -0.3 is 15.4 Å². The van der Waals surface area contributed by atoms with E-state index in [2.05, 4.69) is 10.6 Å². The van der Waals surface area contributed by atoms with E-state index >= 15 is 0 Å². The summed E-state index contributed by atoms with van der Waals surface area (Å²) in [6, 6.07) is 17.7. The molecule has 0 saturated carbocycles. The number of hydrogen-bond donors (Lipinski definition) is 2. The highest BCUT2D eigenvalue weighted by molar-refractivity contribution is 6.53. The second-order valence-electron chi connectivity index (χ2n) is 7.12. The van der Waals surface area contributed by atoms with Crippen molar-refractivity contribution in [3.63, 3.8) is 0 Å². The van der Waals surface area contributed by atoms with Crippen molar-refractivity contribution in [3.8, 4) is 5.75 Å². The van der Waals surface area contributed by atoms with E-state index in [4.69, 9.17) is 39.5 Å². The zero-order chi connectivity index (χ0) is 24.4. The molecule has 3 amide bonds. The lowest BCUT2D eigenvalue weighted by molar-refractivity contribution is -0.120. The van der Waals surface area contributed by atoms with Gasteiger partial charge in [0.15, 0.2) is 0 Å². The second kappa shape index (κ2) is 9.77. The number of ether oxygens (including phenoxy) is 1. The highest BCUT2D eigenvalue weighted by atomic mass is 35.5. The molecule has 4 rings (SSSR count). The first-order valence-electron chi connectivity index (χ1n) is 9.84. The third kappa shape index (κ3) is 4.72. The maximum absolute atomic E-state index is 13.0. The molecule has 0 saturated heterocycles. The van der Waals surface area contributed by atoms with Crippen molar-refractivity contribution in [2.45, 2.75) is 0 Å². The lowest BCUT2D eigenvalue weighted by Gasteiger charge is -2.16. The maximum atomic E-state index is 13.0. The summed E-state index contributed by atoms with van der Waals surface area (Å²) in [6.07, 6.45) is 0. The van der Waals surface area contributed by atoms with Gasteiger partial charge in [-0.25, -0.2) is 4.90 Å². The van der Waals surface area contributed by atoms with Crippen molar-refractivity contribution in [3.05, 3.63) is 93.1 Å². The molecule has 3 aromatic carbocycles. The van der Waals surface area contributed by atoms with Crippen LogP contribution in [0.15, 0.2) is 77.5 Å². The number of carbonyl (C=O) groups excluding carboxylic acids is 3. The molecule has 2 N–H and O–H groups in total. The molecule has 10 heteroatoms. The van der Waals surface area contributed by atoms with Gasteiger partial charge >= 0.3 is 0 Å². The number of imide groups is 1. The van der Waals surface area contributed by atoms with Gasteiger partial charge in [0.2, 0.25) is 0 Å². The van der Waals surface area contributed by atoms with Gasteiger partial charge in [0, 0.05) is 21.3 Å². The van der Waals surface area contributed by atoms with E-state index in [9.17, 15) is 14.4 Å².